The SMILES string of the molecule is C1CCCC1.CC(C)NCC(O)COc1nccs1.O=C1CCCN1. The summed E-state index contributed by atoms with van der Waals surface area (Å²) in [5.41, 5.74) is 0. The van der Waals surface area contributed by atoms with E-state index in [4.69, 9.17) is 4.74 Å². The molecule has 1 saturated carbocycles. The molecule has 144 valence electrons. The van der Waals surface area contributed by atoms with E-state index >= 15 is 0 Å². The van der Waals surface area contributed by atoms with Crippen LogP contribution in [0.25, 0.3) is 0 Å². The van der Waals surface area contributed by atoms with E-state index in [2.05, 4.69) is 15.6 Å². The van der Waals surface area contributed by atoms with Gasteiger partial charge in [-0.2, -0.15) is 0 Å². The second-order valence-electron chi connectivity index (χ2n) is 6.55. The van der Waals surface area contributed by atoms with Crippen LogP contribution in [0.3, 0.4) is 0 Å². The van der Waals surface area contributed by atoms with E-state index in [9.17, 15) is 9.90 Å². The molecule has 0 spiro atoms. The van der Waals surface area contributed by atoms with Gasteiger partial charge >= 0.3 is 0 Å². The van der Waals surface area contributed by atoms with Gasteiger partial charge in [0.05, 0.1) is 0 Å². The number of thiazole rings is 1. The minimum Gasteiger partial charge on any atom is -0.467 e. The molecule has 0 bridgehead atoms. The fourth-order valence-corrected chi connectivity index (χ4v) is 2.82. The number of amides is 1. The molecule has 1 aliphatic carbocycles. The van der Waals surface area contributed by atoms with Gasteiger partial charge < -0.3 is 20.5 Å². The van der Waals surface area contributed by atoms with Gasteiger partial charge in [-0.25, -0.2) is 4.98 Å². The van der Waals surface area contributed by atoms with Gasteiger partial charge in [0.15, 0.2) is 0 Å². The summed E-state index contributed by atoms with van der Waals surface area (Å²) in [4.78, 5) is 14.1. The molecule has 2 fully saturated rings. The highest BCUT2D eigenvalue weighted by Gasteiger charge is 2.06. The number of nitrogens with one attached hydrogen (secondary N) is 2. The van der Waals surface area contributed by atoms with Crippen molar-refractivity contribution in [3.05, 3.63) is 11.6 Å². The van der Waals surface area contributed by atoms with Crippen LogP contribution >= 0.6 is 11.3 Å². The van der Waals surface area contributed by atoms with Crippen molar-refractivity contribution in [2.45, 2.75) is 70.9 Å². The van der Waals surface area contributed by atoms with E-state index in [0.29, 0.717) is 17.8 Å². The van der Waals surface area contributed by atoms with Crippen molar-refractivity contribution in [2.75, 3.05) is 19.7 Å². The second-order valence-corrected chi connectivity index (χ2v) is 7.40. The summed E-state index contributed by atoms with van der Waals surface area (Å²) in [5.74, 6) is 0.204. The summed E-state index contributed by atoms with van der Waals surface area (Å²) in [5, 5.41) is 17.7. The van der Waals surface area contributed by atoms with E-state index < -0.39 is 6.10 Å². The standard InChI is InChI=1S/C9H16N2O2S.C5H10.C4H7NO/c1-7(2)11-5-8(12)6-13-9-10-3-4-14-9;1-2-4-5-3-1;6-4-2-1-3-5-4/h3-4,7-8,11-12H,5-6H2,1-2H3;1-5H2;1-3H2,(H,5,6). The normalized spacial score (nSPS) is 17.2. The highest BCUT2D eigenvalue weighted by atomic mass is 32.1. The largest absolute Gasteiger partial charge is 0.467 e. The van der Waals surface area contributed by atoms with Crippen LogP contribution in [0, 0.1) is 0 Å². The Hall–Kier alpha value is -1.18. The van der Waals surface area contributed by atoms with Gasteiger partial charge in [-0.15, -0.1) is 0 Å². The average Bonchev–Trinajstić information content (AvgIpc) is 3.35. The van der Waals surface area contributed by atoms with Gasteiger partial charge in [-0.3, -0.25) is 4.79 Å². The Morgan fingerprint density at radius 2 is 1.96 bits per heavy atom. The van der Waals surface area contributed by atoms with Crippen LogP contribution < -0.4 is 15.4 Å². The predicted octanol–water partition coefficient (Wildman–Crippen LogP) is 2.73. The number of carbonyl (C=O) groups is 1. The Kier molecular flexibility index (Phi) is 12.3. The van der Waals surface area contributed by atoms with E-state index in [-0.39, 0.29) is 12.5 Å². The monoisotopic (exact) mass is 371 g/mol. The lowest BCUT2D eigenvalue weighted by Gasteiger charge is -2.13. The van der Waals surface area contributed by atoms with Crippen LogP contribution in [0.15, 0.2) is 11.6 Å². The lowest BCUT2D eigenvalue weighted by atomic mass is 10.3. The molecule has 1 aromatic rings. The Morgan fingerprint density at radius 1 is 1.28 bits per heavy atom. The molecule has 6 nitrogen and oxygen atoms in total. The maximum absolute atomic E-state index is 10.1. The van der Waals surface area contributed by atoms with Crippen molar-refractivity contribution < 1.29 is 14.6 Å². The molecule has 1 aliphatic heterocycles. The van der Waals surface area contributed by atoms with E-state index in [0.717, 1.165) is 19.4 Å². The first-order chi connectivity index (χ1) is 12.1. The highest BCUT2D eigenvalue weighted by Crippen LogP contribution is 2.15. The molecule has 1 atom stereocenters. The van der Waals surface area contributed by atoms with Crippen LogP contribution in [-0.2, 0) is 4.79 Å². The number of aliphatic hydroxyl groups excluding tert-OH is 1. The second kappa shape index (κ2) is 14.0. The fourth-order valence-electron chi connectivity index (χ4n) is 2.33. The van der Waals surface area contributed by atoms with Gasteiger partial charge in [0.25, 0.3) is 5.19 Å². The minimum absolute atomic E-state index is 0.204. The van der Waals surface area contributed by atoms with Gasteiger partial charge in [0.1, 0.15) is 12.7 Å². The number of hydrogen-bond acceptors (Lipinski definition) is 6. The summed E-state index contributed by atoms with van der Waals surface area (Å²) < 4.78 is 5.26. The molecule has 25 heavy (non-hydrogen) atoms. The number of aliphatic hydroxyl groups is 1. The number of nitrogens with zero attached hydrogens (tertiary/aromatic N) is 1. The van der Waals surface area contributed by atoms with Crippen molar-refractivity contribution >= 4 is 17.2 Å². The van der Waals surface area contributed by atoms with Crippen molar-refractivity contribution in [3.63, 3.8) is 0 Å². The Morgan fingerprint density at radius 3 is 2.36 bits per heavy atom. The van der Waals surface area contributed by atoms with Gasteiger partial charge in [0, 0.05) is 37.1 Å². The van der Waals surface area contributed by atoms with Gasteiger partial charge in [-0.1, -0.05) is 57.3 Å². The summed E-state index contributed by atoms with van der Waals surface area (Å²) in [6.07, 6.45) is 10.5. The minimum atomic E-state index is -0.485. The van der Waals surface area contributed by atoms with E-state index in [1.165, 1.54) is 43.4 Å². The topological polar surface area (TPSA) is 83.5 Å². The van der Waals surface area contributed by atoms with Gasteiger partial charge in [-0.05, 0) is 6.42 Å². The van der Waals surface area contributed by atoms with Gasteiger partial charge in [0.2, 0.25) is 5.91 Å². The quantitative estimate of drug-likeness (QED) is 0.716. The molecule has 1 aromatic heterocycles. The highest BCUT2D eigenvalue weighted by molar-refractivity contribution is 7.11. The number of rotatable bonds is 6. The third kappa shape index (κ3) is 12.8. The molecule has 7 heteroatoms. The molecule has 1 unspecified atom stereocenters. The lowest BCUT2D eigenvalue weighted by Crippen LogP contribution is -2.35. The first-order valence-corrected chi connectivity index (χ1v) is 10.2. The number of hydrogen-bond donors (Lipinski definition) is 3. The maximum atomic E-state index is 10.1. The zero-order valence-electron chi connectivity index (χ0n) is 15.5. The number of aromatic nitrogens is 1. The van der Waals surface area contributed by atoms with Crippen LogP contribution in [0.1, 0.15) is 58.8 Å². The third-order valence-corrected chi connectivity index (χ3v) is 4.41. The molecule has 3 N–H and O–H groups in total. The van der Waals surface area contributed by atoms with Crippen molar-refractivity contribution in [3.8, 4) is 5.19 Å². The smallest absolute Gasteiger partial charge is 0.273 e. The Bertz CT molecular complexity index is 421. The number of ether oxygens (including phenoxy) is 1. The Labute approximate surface area is 155 Å². The molecule has 2 aliphatic rings. The zero-order valence-corrected chi connectivity index (χ0v) is 16.3. The first-order valence-electron chi connectivity index (χ1n) is 9.28. The van der Waals surface area contributed by atoms with E-state index in [1.807, 2.05) is 19.2 Å². The van der Waals surface area contributed by atoms with Crippen molar-refractivity contribution in [1.82, 2.24) is 15.6 Å². The summed E-state index contributed by atoms with van der Waals surface area (Å²) >= 11 is 1.42. The lowest BCUT2D eigenvalue weighted by molar-refractivity contribution is -0.119. The van der Waals surface area contributed by atoms with Crippen molar-refractivity contribution in [2.24, 2.45) is 0 Å². The Balaban J connectivity index is 0.000000230. The molecule has 1 saturated heterocycles. The summed E-state index contributed by atoms with van der Waals surface area (Å²) in [6.45, 7) is 5.79. The zero-order chi connectivity index (χ0) is 18.3. The van der Waals surface area contributed by atoms with Crippen LogP contribution in [0.2, 0.25) is 0 Å². The molecule has 3 rings (SSSR count). The van der Waals surface area contributed by atoms with E-state index in [1.54, 1.807) is 6.20 Å². The summed E-state index contributed by atoms with van der Waals surface area (Å²) in [6, 6.07) is 0.379. The molecule has 0 aromatic carbocycles. The summed E-state index contributed by atoms with van der Waals surface area (Å²) in [7, 11) is 0. The first kappa shape index (κ1) is 21.9. The van der Waals surface area contributed by atoms with Crippen molar-refractivity contribution in [1.29, 1.82) is 0 Å². The maximum Gasteiger partial charge on any atom is 0.273 e. The molecule has 0 radical (unpaired) electrons. The average molecular weight is 372 g/mol. The molecular weight excluding hydrogens is 338 g/mol. The predicted molar refractivity (Wildman–Crippen MR) is 102 cm³/mol. The van der Waals surface area contributed by atoms with Crippen LogP contribution in [0.4, 0.5) is 0 Å². The molecule has 1 amide bonds. The molecular formula is C18H33N3O3S. The van der Waals surface area contributed by atoms with Crippen LogP contribution in [0.5, 0.6) is 5.19 Å². The van der Waals surface area contributed by atoms with Crippen LogP contribution in [-0.4, -0.2) is 47.8 Å². The molecule has 2 heterocycles. The third-order valence-electron chi connectivity index (χ3n) is 3.72. The fraction of sp³-hybridized carbons (Fsp3) is 0.778. The number of carbonyl (C=O) groups excluding carboxylic acids is 1.